The number of rotatable bonds is 9. The van der Waals surface area contributed by atoms with Gasteiger partial charge in [0.25, 0.3) is 0 Å². The Kier molecular flexibility index (Phi) is 15.5. The lowest BCUT2D eigenvalue weighted by Crippen LogP contribution is -2.70. The van der Waals surface area contributed by atoms with E-state index >= 15 is 14.4 Å². The molecule has 2 bridgehead atoms. The number of carbonyl (C=O) groups excluding carboxylic acids is 11. The fraction of sp³-hybridized carbons (Fsp3) is 0.456. The number of ether oxygens (including phenoxy) is 1. The highest BCUT2D eigenvalue weighted by Gasteiger charge is 2.75. The van der Waals surface area contributed by atoms with Crippen molar-refractivity contribution in [2.45, 2.75) is 113 Å². The third kappa shape index (κ3) is 9.61. The highest BCUT2D eigenvalue weighted by molar-refractivity contribution is 6.30. The maximum absolute atomic E-state index is 15.5. The smallest absolute Gasteiger partial charge is 0.333 e. The number of hydrogen-bond donors (Lipinski definition) is 3. The van der Waals surface area contributed by atoms with Crippen LogP contribution in [0.25, 0.3) is 0 Å². The quantitative estimate of drug-likeness (QED) is 0.155. The zero-order valence-corrected chi connectivity index (χ0v) is 44.5. The summed E-state index contributed by atoms with van der Waals surface area (Å²) < 4.78 is 6.07. The summed E-state index contributed by atoms with van der Waals surface area (Å²) >= 11 is 0. The molecule has 6 heterocycles. The Bertz CT molecular complexity index is 2950. The van der Waals surface area contributed by atoms with Crippen molar-refractivity contribution in [3.8, 4) is 0 Å². The summed E-state index contributed by atoms with van der Waals surface area (Å²) in [6.45, 7) is 4.50. The summed E-state index contributed by atoms with van der Waals surface area (Å²) in [6.07, 6.45) is 1.03. The molecule has 9 rings (SSSR count). The molecule has 11 atom stereocenters. The molecule has 0 aromatic heterocycles. The third-order valence-corrected chi connectivity index (χ3v) is 16.3. The van der Waals surface area contributed by atoms with Crippen LogP contribution in [0.1, 0.15) is 70.0 Å². The van der Waals surface area contributed by atoms with Crippen molar-refractivity contribution in [1.29, 1.82) is 0 Å². The summed E-state index contributed by atoms with van der Waals surface area (Å²) in [4.78, 5) is 170. The highest BCUT2D eigenvalue weighted by Crippen LogP contribution is 2.53. The van der Waals surface area contributed by atoms with Gasteiger partial charge in [0.15, 0.2) is 17.4 Å². The SMILES string of the molecule is CC[C@H]1NC(=O)[C@@H](NC(=O)[C@]23C(=O)C=C[C@H]([C@H]4C(=O)N(c5ccccc5)C(=O)[C@H]42)N3CC)[C@@H](C)OC(=O)[C@H](c2ccccc2)NC(=O)[C@@H]2CC(=O)CCN2C(=O)[C@H](Cc2ccc(N(C)C)cc2)N(C)C(=O)[C@@H]2CCCN2C1=O. The molecule has 6 aliphatic heterocycles. The number of Topliss-reactive ketones (excluding diaryl/α,β-unsaturated/α-hetero) is 1. The van der Waals surface area contributed by atoms with Gasteiger partial charge in [0.05, 0.1) is 17.5 Å². The number of benzene rings is 3. The Balaban J connectivity index is 1.12. The minimum absolute atomic E-state index is 0.00444. The van der Waals surface area contributed by atoms with Crippen LogP contribution in [0.15, 0.2) is 97.1 Å². The summed E-state index contributed by atoms with van der Waals surface area (Å²) in [5, 5.41) is 8.08. The van der Waals surface area contributed by atoms with Gasteiger partial charge in [-0.25, -0.2) is 9.69 Å². The Hall–Kier alpha value is -8.07. The minimum atomic E-state index is -2.38. The number of imide groups is 1. The second-order valence-electron chi connectivity index (χ2n) is 21.0. The molecule has 21 heteroatoms. The maximum atomic E-state index is 15.5. The number of esters is 1. The van der Waals surface area contributed by atoms with Crippen LogP contribution in [0.3, 0.4) is 0 Å². The predicted molar refractivity (Wildman–Crippen MR) is 282 cm³/mol. The lowest BCUT2D eigenvalue weighted by molar-refractivity contribution is -0.159. The number of para-hydroxylation sites is 1. The highest BCUT2D eigenvalue weighted by atomic mass is 16.5. The lowest BCUT2D eigenvalue weighted by atomic mass is 9.77. The Morgan fingerprint density at radius 2 is 1.44 bits per heavy atom. The molecule has 0 radical (unpaired) electrons. The summed E-state index contributed by atoms with van der Waals surface area (Å²) in [6, 6.07) is 13.8. The van der Waals surface area contributed by atoms with Gasteiger partial charge in [0, 0.05) is 65.2 Å². The van der Waals surface area contributed by atoms with Crippen molar-refractivity contribution in [2.75, 3.05) is 50.6 Å². The molecule has 410 valence electrons. The number of ketones is 2. The van der Waals surface area contributed by atoms with E-state index in [9.17, 15) is 38.4 Å². The Morgan fingerprint density at radius 3 is 2.09 bits per heavy atom. The van der Waals surface area contributed by atoms with E-state index in [-0.39, 0.29) is 62.4 Å². The molecular formula is C57H65N9O12. The van der Waals surface area contributed by atoms with Gasteiger partial charge in [-0.1, -0.05) is 80.6 Å². The third-order valence-electron chi connectivity index (χ3n) is 16.3. The van der Waals surface area contributed by atoms with E-state index in [1.165, 1.54) is 51.8 Å². The van der Waals surface area contributed by atoms with E-state index in [0.717, 1.165) is 16.7 Å². The van der Waals surface area contributed by atoms with E-state index in [2.05, 4.69) is 16.0 Å². The molecule has 0 saturated carbocycles. The molecule has 5 fully saturated rings. The number of amides is 8. The van der Waals surface area contributed by atoms with Crippen molar-refractivity contribution in [1.82, 2.24) is 35.6 Å². The molecule has 3 aromatic rings. The molecule has 0 spiro atoms. The van der Waals surface area contributed by atoms with E-state index in [1.54, 1.807) is 62.4 Å². The monoisotopic (exact) mass is 1070 g/mol. The number of anilines is 2. The average molecular weight is 1070 g/mol. The summed E-state index contributed by atoms with van der Waals surface area (Å²) in [7, 11) is 5.21. The first-order valence-corrected chi connectivity index (χ1v) is 26.6. The van der Waals surface area contributed by atoms with Crippen LogP contribution in [0.4, 0.5) is 11.4 Å². The van der Waals surface area contributed by atoms with E-state index in [1.807, 2.05) is 43.3 Å². The van der Waals surface area contributed by atoms with Gasteiger partial charge >= 0.3 is 5.97 Å². The molecule has 0 unspecified atom stereocenters. The number of piperidine rings is 1. The second kappa shape index (κ2) is 22.1. The van der Waals surface area contributed by atoms with Gasteiger partial charge < -0.3 is 40.3 Å². The normalized spacial score (nSPS) is 30.2. The molecule has 3 aromatic carbocycles. The molecule has 21 nitrogen and oxygen atoms in total. The molecular weight excluding hydrogens is 1000 g/mol. The topological polar surface area (TPSA) is 253 Å². The van der Waals surface area contributed by atoms with Crippen LogP contribution in [0.5, 0.6) is 0 Å². The molecule has 78 heavy (non-hydrogen) atoms. The van der Waals surface area contributed by atoms with Crippen LogP contribution < -0.4 is 25.8 Å². The summed E-state index contributed by atoms with van der Waals surface area (Å²) in [5.74, 6) is -11.4. The van der Waals surface area contributed by atoms with Crippen LogP contribution in [0.2, 0.25) is 0 Å². The largest absolute Gasteiger partial charge is 0.458 e. The second-order valence-corrected chi connectivity index (χ2v) is 21.0. The fourth-order valence-corrected chi connectivity index (χ4v) is 12.3. The van der Waals surface area contributed by atoms with Gasteiger partial charge in [-0.3, -0.25) is 52.8 Å². The van der Waals surface area contributed by atoms with Crippen molar-refractivity contribution in [3.63, 3.8) is 0 Å². The van der Waals surface area contributed by atoms with E-state index in [4.69, 9.17) is 4.74 Å². The molecule has 6 aliphatic rings. The lowest BCUT2D eigenvalue weighted by Gasteiger charge is -2.42. The Labute approximate surface area is 451 Å². The average Bonchev–Trinajstić information content (AvgIpc) is 4.27. The van der Waals surface area contributed by atoms with Crippen molar-refractivity contribution >= 4 is 76.2 Å². The van der Waals surface area contributed by atoms with Crippen molar-refractivity contribution in [3.05, 3.63) is 108 Å². The number of hydrogen-bond acceptors (Lipinski definition) is 14. The Morgan fingerprint density at radius 1 is 0.769 bits per heavy atom. The van der Waals surface area contributed by atoms with Gasteiger partial charge in [0.1, 0.15) is 42.1 Å². The zero-order valence-electron chi connectivity index (χ0n) is 44.5. The van der Waals surface area contributed by atoms with Crippen LogP contribution in [-0.2, 0) is 63.9 Å². The van der Waals surface area contributed by atoms with Gasteiger partial charge in [-0.2, -0.15) is 0 Å². The number of fused-ring (bicyclic) bond motifs is 7. The molecule has 5 saturated heterocycles. The number of nitrogens with one attached hydrogen (secondary N) is 3. The van der Waals surface area contributed by atoms with Gasteiger partial charge in [-0.05, 0) is 74.2 Å². The standard InChI is InChI=1S/C57H65N9O12/c1-7-38-50(71)63-28-15-20-40(63)51(72)62(6)42(30-33-21-23-35(24-22-33)61(4)5)52(73)64-29-27-37(67)31-41(64)48(69)59-47(34-16-11-9-12-17-34)55(76)78-32(3)46(49(70)58-38)60-56(77)57-43(68)26-25-39(65(57)8-2)44-45(57)54(75)66(53(44)74)36-18-13-10-14-19-36/h9-14,16-19,21-26,32,38-42,44-47H,7-8,15,20,27-31H2,1-6H3,(H,58,70)(H,59,69)(H,60,77)/t32-,38-,39-,40+,41+,42+,44-,45+,46+,47+,57+/m1/s1. The number of nitrogens with zero attached hydrogens (tertiary/aromatic N) is 6. The number of carbonyl (C=O) groups is 11. The first-order chi connectivity index (χ1) is 37.3. The van der Waals surface area contributed by atoms with Crippen LogP contribution >= 0.6 is 0 Å². The molecule has 3 N–H and O–H groups in total. The summed E-state index contributed by atoms with van der Waals surface area (Å²) in [5.41, 5.74) is -0.384. The van der Waals surface area contributed by atoms with Gasteiger partial charge in [-0.15, -0.1) is 0 Å². The zero-order chi connectivity index (χ0) is 55.9. The predicted octanol–water partition coefficient (Wildman–Crippen LogP) is 1.24. The number of likely N-dealkylation sites (N-methyl/N-ethyl adjacent to an activating group) is 2. The van der Waals surface area contributed by atoms with Gasteiger partial charge in [0.2, 0.25) is 47.3 Å². The fourth-order valence-electron chi connectivity index (χ4n) is 12.3. The van der Waals surface area contributed by atoms with E-state index in [0.29, 0.717) is 12.0 Å². The van der Waals surface area contributed by atoms with Crippen LogP contribution in [0, 0.1) is 11.8 Å². The van der Waals surface area contributed by atoms with Crippen molar-refractivity contribution < 1.29 is 57.5 Å². The number of cyclic esters (lactones) is 1. The van der Waals surface area contributed by atoms with Crippen molar-refractivity contribution in [2.24, 2.45) is 11.8 Å². The van der Waals surface area contributed by atoms with E-state index < -0.39 is 131 Å². The first-order valence-electron chi connectivity index (χ1n) is 26.6. The molecule has 0 aliphatic carbocycles. The first kappa shape index (κ1) is 54.7. The minimum Gasteiger partial charge on any atom is -0.458 e. The maximum Gasteiger partial charge on any atom is 0.333 e. The molecule has 8 amide bonds. The van der Waals surface area contributed by atoms with Crippen LogP contribution in [-0.4, -0.2) is 173 Å².